The second-order valence-corrected chi connectivity index (χ2v) is 5.48. The maximum absolute atomic E-state index is 12.4. The molecule has 0 unspecified atom stereocenters. The fourth-order valence-electron chi connectivity index (χ4n) is 2.41. The summed E-state index contributed by atoms with van der Waals surface area (Å²) < 4.78 is 5.49. The Hall–Kier alpha value is -1.10. The van der Waals surface area contributed by atoms with Gasteiger partial charge in [-0.05, 0) is 37.5 Å². The largest absolute Gasteiger partial charge is 0.394 e. The minimum Gasteiger partial charge on any atom is -0.394 e. The zero-order chi connectivity index (χ0) is 14.5. The van der Waals surface area contributed by atoms with Crippen LogP contribution in [0.25, 0.3) is 0 Å². The van der Waals surface area contributed by atoms with Crippen LogP contribution in [0.3, 0.4) is 0 Å². The van der Waals surface area contributed by atoms with Crippen molar-refractivity contribution in [2.75, 3.05) is 26.3 Å². The SMILES string of the molecule is Cc1ccc(C(=O)N2CCC(OCCO)CC2)c(Cl)c1. The predicted molar refractivity (Wildman–Crippen MR) is 78.2 cm³/mol. The minimum absolute atomic E-state index is 0.0180. The van der Waals surface area contributed by atoms with Gasteiger partial charge in [0, 0.05) is 13.1 Å². The molecule has 1 amide bonds. The molecule has 0 saturated carbocycles. The van der Waals surface area contributed by atoms with Gasteiger partial charge in [-0.1, -0.05) is 17.7 Å². The standard InChI is InChI=1S/C15H20ClNO3/c1-11-2-3-13(14(16)10-11)15(19)17-6-4-12(5-7-17)20-9-8-18/h2-3,10,12,18H,4-9H2,1H3. The topological polar surface area (TPSA) is 49.8 Å². The van der Waals surface area contributed by atoms with E-state index in [1.54, 1.807) is 6.07 Å². The lowest BCUT2D eigenvalue weighted by Gasteiger charge is -2.32. The van der Waals surface area contributed by atoms with Gasteiger partial charge in [-0.15, -0.1) is 0 Å². The van der Waals surface area contributed by atoms with Crippen LogP contribution in [0.15, 0.2) is 18.2 Å². The van der Waals surface area contributed by atoms with E-state index in [-0.39, 0.29) is 18.6 Å². The van der Waals surface area contributed by atoms with Crippen molar-refractivity contribution in [1.82, 2.24) is 4.90 Å². The van der Waals surface area contributed by atoms with Gasteiger partial charge < -0.3 is 14.7 Å². The van der Waals surface area contributed by atoms with Gasteiger partial charge >= 0.3 is 0 Å². The number of carbonyl (C=O) groups excluding carboxylic acids is 1. The first kappa shape index (κ1) is 15.3. The first-order chi connectivity index (χ1) is 9.61. The molecule has 1 aromatic carbocycles. The Bertz CT molecular complexity index is 470. The lowest BCUT2D eigenvalue weighted by Crippen LogP contribution is -2.41. The van der Waals surface area contributed by atoms with Gasteiger partial charge in [0.1, 0.15) is 0 Å². The number of carbonyl (C=O) groups is 1. The van der Waals surface area contributed by atoms with Crippen LogP contribution in [0, 0.1) is 6.92 Å². The first-order valence-corrected chi connectivity index (χ1v) is 7.27. The van der Waals surface area contributed by atoms with Crippen LogP contribution in [0.5, 0.6) is 0 Å². The third kappa shape index (κ3) is 3.72. The summed E-state index contributed by atoms with van der Waals surface area (Å²) in [6, 6.07) is 5.50. The quantitative estimate of drug-likeness (QED) is 0.927. The smallest absolute Gasteiger partial charge is 0.255 e. The van der Waals surface area contributed by atoms with Crippen molar-refractivity contribution in [1.29, 1.82) is 0 Å². The second kappa shape index (κ2) is 7.07. The molecule has 1 aliphatic rings. The molecule has 20 heavy (non-hydrogen) atoms. The summed E-state index contributed by atoms with van der Waals surface area (Å²) in [5, 5.41) is 9.24. The Balaban J connectivity index is 1.94. The van der Waals surface area contributed by atoms with Gasteiger partial charge in [-0.3, -0.25) is 4.79 Å². The van der Waals surface area contributed by atoms with Crippen LogP contribution in [-0.4, -0.2) is 48.3 Å². The number of aliphatic hydroxyl groups is 1. The first-order valence-electron chi connectivity index (χ1n) is 6.89. The van der Waals surface area contributed by atoms with Crippen LogP contribution in [-0.2, 0) is 4.74 Å². The molecular formula is C15H20ClNO3. The van der Waals surface area contributed by atoms with Gasteiger partial charge in [0.15, 0.2) is 0 Å². The van der Waals surface area contributed by atoms with E-state index in [0.717, 1.165) is 18.4 Å². The minimum atomic E-state index is -0.0180. The monoisotopic (exact) mass is 297 g/mol. The molecule has 1 aliphatic heterocycles. The maximum Gasteiger partial charge on any atom is 0.255 e. The highest BCUT2D eigenvalue weighted by Crippen LogP contribution is 2.22. The number of hydrogen-bond donors (Lipinski definition) is 1. The Morgan fingerprint density at radius 3 is 2.75 bits per heavy atom. The summed E-state index contributed by atoms with van der Waals surface area (Å²) in [4.78, 5) is 14.2. The normalized spacial score (nSPS) is 16.4. The number of nitrogens with zero attached hydrogens (tertiary/aromatic N) is 1. The van der Waals surface area contributed by atoms with E-state index in [9.17, 15) is 4.79 Å². The maximum atomic E-state index is 12.4. The van der Waals surface area contributed by atoms with E-state index in [0.29, 0.717) is 30.3 Å². The Kier molecular flexibility index (Phi) is 5.40. The highest BCUT2D eigenvalue weighted by molar-refractivity contribution is 6.33. The molecule has 4 nitrogen and oxygen atoms in total. The fourth-order valence-corrected chi connectivity index (χ4v) is 2.72. The number of ether oxygens (including phenoxy) is 1. The van der Waals surface area contributed by atoms with Gasteiger partial charge in [-0.25, -0.2) is 0 Å². The molecule has 1 N–H and O–H groups in total. The van der Waals surface area contributed by atoms with Crippen LogP contribution < -0.4 is 0 Å². The summed E-state index contributed by atoms with van der Waals surface area (Å²) in [6.45, 7) is 3.68. The number of hydrogen-bond acceptors (Lipinski definition) is 3. The zero-order valence-electron chi connectivity index (χ0n) is 11.6. The molecule has 0 spiro atoms. The van der Waals surface area contributed by atoms with Crippen molar-refractivity contribution >= 4 is 17.5 Å². The lowest BCUT2D eigenvalue weighted by atomic mass is 10.1. The number of piperidine rings is 1. The Morgan fingerprint density at radius 1 is 1.45 bits per heavy atom. The van der Waals surface area contributed by atoms with Crippen LogP contribution in [0.2, 0.25) is 5.02 Å². The van der Waals surface area contributed by atoms with Crippen LogP contribution >= 0.6 is 11.6 Å². The van der Waals surface area contributed by atoms with Crippen molar-refractivity contribution in [2.45, 2.75) is 25.9 Å². The van der Waals surface area contributed by atoms with E-state index in [4.69, 9.17) is 21.4 Å². The van der Waals surface area contributed by atoms with Gasteiger partial charge in [0.2, 0.25) is 0 Å². The summed E-state index contributed by atoms with van der Waals surface area (Å²) in [5.41, 5.74) is 1.61. The summed E-state index contributed by atoms with van der Waals surface area (Å²) in [7, 11) is 0. The average Bonchev–Trinajstić information content (AvgIpc) is 2.45. The predicted octanol–water partition coefficient (Wildman–Crippen LogP) is 2.26. The molecule has 0 aliphatic carbocycles. The van der Waals surface area contributed by atoms with Crippen molar-refractivity contribution in [3.05, 3.63) is 34.3 Å². The summed E-state index contributed by atoms with van der Waals surface area (Å²) in [6.07, 6.45) is 1.74. The average molecular weight is 298 g/mol. The third-order valence-electron chi connectivity index (χ3n) is 3.53. The molecule has 110 valence electrons. The number of likely N-dealkylation sites (tertiary alicyclic amines) is 1. The number of aryl methyl sites for hydroxylation is 1. The molecule has 5 heteroatoms. The highest BCUT2D eigenvalue weighted by Gasteiger charge is 2.25. The summed E-state index contributed by atoms with van der Waals surface area (Å²) in [5.74, 6) is -0.0180. The molecule has 0 aromatic heterocycles. The van der Waals surface area contributed by atoms with E-state index in [1.165, 1.54) is 0 Å². The molecule has 0 bridgehead atoms. The second-order valence-electron chi connectivity index (χ2n) is 5.07. The highest BCUT2D eigenvalue weighted by atomic mass is 35.5. The molecule has 1 fully saturated rings. The molecule has 0 atom stereocenters. The van der Waals surface area contributed by atoms with Crippen molar-refractivity contribution in [2.24, 2.45) is 0 Å². The molecule has 1 aromatic rings. The molecule has 2 rings (SSSR count). The fraction of sp³-hybridized carbons (Fsp3) is 0.533. The third-order valence-corrected chi connectivity index (χ3v) is 3.84. The van der Waals surface area contributed by atoms with Crippen molar-refractivity contribution in [3.63, 3.8) is 0 Å². The number of aliphatic hydroxyl groups excluding tert-OH is 1. The summed E-state index contributed by atoms with van der Waals surface area (Å²) >= 11 is 6.14. The van der Waals surface area contributed by atoms with Crippen molar-refractivity contribution in [3.8, 4) is 0 Å². The van der Waals surface area contributed by atoms with Gasteiger partial charge in [-0.2, -0.15) is 0 Å². The van der Waals surface area contributed by atoms with Crippen molar-refractivity contribution < 1.29 is 14.6 Å². The lowest BCUT2D eigenvalue weighted by molar-refractivity contribution is -0.00553. The molecular weight excluding hydrogens is 278 g/mol. The van der Waals surface area contributed by atoms with Gasteiger partial charge in [0.05, 0.1) is 29.9 Å². The Morgan fingerprint density at radius 2 is 2.15 bits per heavy atom. The molecule has 1 saturated heterocycles. The van der Waals surface area contributed by atoms with Crippen LogP contribution in [0.4, 0.5) is 0 Å². The number of halogens is 1. The van der Waals surface area contributed by atoms with E-state index in [1.807, 2.05) is 24.0 Å². The number of rotatable bonds is 4. The van der Waals surface area contributed by atoms with E-state index < -0.39 is 0 Å². The molecule has 1 heterocycles. The molecule has 0 radical (unpaired) electrons. The van der Waals surface area contributed by atoms with Gasteiger partial charge in [0.25, 0.3) is 5.91 Å². The van der Waals surface area contributed by atoms with E-state index in [2.05, 4.69) is 0 Å². The van der Waals surface area contributed by atoms with Crippen LogP contribution in [0.1, 0.15) is 28.8 Å². The Labute approximate surface area is 124 Å². The number of benzene rings is 1. The van der Waals surface area contributed by atoms with E-state index >= 15 is 0 Å². The number of amides is 1. The zero-order valence-corrected chi connectivity index (χ0v) is 12.4.